The van der Waals surface area contributed by atoms with Crippen molar-refractivity contribution in [2.24, 2.45) is 0 Å². The zero-order chi connectivity index (χ0) is 67.5. The summed E-state index contributed by atoms with van der Waals surface area (Å²) in [6.07, 6.45) is 51.0. The molecule has 0 aromatic heterocycles. The number of unbranched alkanes of at least 4 members (excludes halogenated alkanes) is 9. The van der Waals surface area contributed by atoms with E-state index in [4.69, 9.17) is 28.4 Å². The van der Waals surface area contributed by atoms with Crippen LogP contribution in [0.5, 0.6) is 0 Å². The Morgan fingerprint density at radius 3 is 1.19 bits per heavy atom. The van der Waals surface area contributed by atoms with E-state index in [1.54, 1.807) is 6.08 Å². The summed E-state index contributed by atoms with van der Waals surface area (Å²) < 4.78 is 34.2. The van der Waals surface area contributed by atoms with E-state index in [9.17, 15) is 61.0 Å². The first-order valence-corrected chi connectivity index (χ1v) is 34.2. The predicted molar refractivity (Wildman–Crippen MR) is 364 cm³/mol. The molecule has 526 valence electrons. The fraction of sp³-hybridized carbons (Fsp3) is 0.635. The summed E-state index contributed by atoms with van der Waals surface area (Å²) in [5.41, 5.74) is 0. The summed E-state index contributed by atoms with van der Waals surface area (Å²) in [5, 5.41) is 120. The topological polar surface area (TPSA) is 307 Å². The van der Waals surface area contributed by atoms with Gasteiger partial charge in [0.2, 0.25) is 5.91 Å². The number of ether oxygens (including phenoxy) is 6. The number of allylic oxidation sites excluding steroid dienone is 25. The number of carbonyl (C=O) groups excluding carboxylic acids is 1. The fourth-order valence-corrected chi connectivity index (χ4v) is 10.3. The number of nitrogens with one attached hydrogen (secondary N) is 1. The van der Waals surface area contributed by atoms with Crippen LogP contribution in [0.2, 0.25) is 0 Å². The first-order chi connectivity index (χ1) is 45.3. The molecule has 3 heterocycles. The Labute approximate surface area is 555 Å². The third kappa shape index (κ3) is 35.3. The summed E-state index contributed by atoms with van der Waals surface area (Å²) in [6, 6.07) is -1.02. The van der Waals surface area contributed by atoms with E-state index in [-0.39, 0.29) is 12.3 Å². The summed E-state index contributed by atoms with van der Waals surface area (Å²) in [6.45, 7) is 1.49. The van der Waals surface area contributed by atoms with E-state index < -0.39 is 131 Å². The summed E-state index contributed by atoms with van der Waals surface area (Å²) in [7, 11) is 0. The second-order valence-electron chi connectivity index (χ2n) is 23.5. The zero-order valence-electron chi connectivity index (χ0n) is 55.4. The van der Waals surface area contributed by atoms with Crippen molar-refractivity contribution in [3.63, 3.8) is 0 Å². The van der Waals surface area contributed by atoms with Crippen LogP contribution < -0.4 is 5.32 Å². The Bertz CT molecular complexity index is 2300. The number of aliphatic hydroxyl groups is 11. The van der Waals surface area contributed by atoms with Gasteiger partial charge in [-0.25, -0.2) is 0 Å². The Hall–Kier alpha value is -4.59. The minimum Gasteiger partial charge on any atom is -0.394 e. The average molecular weight is 1310 g/mol. The van der Waals surface area contributed by atoms with Crippen LogP contribution in [0.3, 0.4) is 0 Å². The third-order valence-corrected chi connectivity index (χ3v) is 15.8. The lowest BCUT2D eigenvalue weighted by Gasteiger charge is -2.48. The average Bonchev–Trinajstić information content (AvgIpc) is 0.805. The first-order valence-electron chi connectivity index (χ1n) is 34.2. The van der Waals surface area contributed by atoms with Gasteiger partial charge in [0, 0.05) is 6.42 Å². The Balaban J connectivity index is 1.38. The first kappa shape index (κ1) is 82.6. The highest BCUT2D eigenvalue weighted by molar-refractivity contribution is 5.76. The van der Waals surface area contributed by atoms with Crippen LogP contribution >= 0.6 is 0 Å². The van der Waals surface area contributed by atoms with Crippen molar-refractivity contribution >= 4 is 5.91 Å². The molecule has 0 spiro atoms. The molecule has 0 aromatic rings. The molecule has 3 aliphatic heterocycles. The summed E-state index contributed by atoms with van der Waals surface area (Å²) in [5.74, 6) is -0.327. The van der Waals surface area contributed by atoms with Gasteiger partial charge in [0.15, 0.2) is 18.9 Å². The van der Waals surface area contributed by atoms with Gasteiger partial charge < -0.3 is 89.9 Å². The molecular weight excluding hydrogens is 1190 g/mol. The van der Waals surface area contributed by atoms with Crippen LogP contribution in [-0.2, 0) is 33.2 Å². The molecule has 1 amide bonds. The summed E-state index contributed by atoms with van der Waals surface area (Å²) in [4.78, 5) is 13.3. The van der Waals surface area contributed by atoms with Crippen LogP contribution in [0.15, 0.2) is 158 Å². The van der Waals surface area contributed by atoms with Crippen molar-refractivity contribution in [1.29, 1.82) is 0 Å². The Morgan fingerprint density at radius 2 is 0.753 bits per heavy atom. The van der Waals surface area contributed by atoms with Gasteiger partial charge >= 0.3 is 0 Å². The molecule has 0 aromatic carbocycles. The molecule has 3 fully saturated rings. The molecule has 3 aliphatic rings. The molecule has 19 nitrogen and oxygen atoms in total. The highest BCUT2D eigenvalue weighted by Crippen LogP contribution is 2.33. The van der Waals surface area contributed by atoms with Crippen molar-refractivity contribution in [1.82, 2.24) is 5.32 Å². The molecule has 93 heavy (non-hydrogen) atoms. The molecule has 0 radical (unpaired) electrons. The maximum atomic E-state index is 13.3. The largest absolute Gasteiger partial charge is 0.394 e. The van der Waals surface area contributed by atoms with Crippen molar-refractivity contribution in [2.75, 3.05) is 26.4 Å². The zero-order valence-corrected chi connectivity index (χ0v) is 55.4. The van der Waals surface area contributed by atoms with Crippen LogP contribution in [0.1, 0.15) is 168 Å². The lowest BCUT2D eigenvalue weighted by atomic mass is 9.96. The molecule has 0 bridgehead atoms. The van der Waals surface area contributed by atoms with Crippen LogP contribution in [-0.4, -0.2) is 193 Å². The van der Waals surface area contributed by atoms with Gasteiger partial charge in [0.1, 0.15) is 73.2 Å². The SMILES string of the molecule is CC/C=C\C/C=C\C/C=C\C/C=C\C/C=C\C/C=C\C/C=C\C/C=C\C/C=C\C/C=C\C/C=C\CCCCCC(=O)NC(COC1OC(CO)C(OC2OC(CO)C(OC3OC(CO)C(O)C(O)C3O)C(O)C2O)C(O)C1O)C(O)/C=C/CC/C=C/CCCCCCC. The van der Waals surface area contributed by atoms with Crippen LogP contribution in [0.4, 0.5) is 0 Å². The Kier molecular flexibility index (Phi) is 47.6. The van der Waals surface area contributed by atoms with Gasteiger partial charge in [0.25, 0.3) is 0 Å². The van der Waals surface area contributed by atoms with Crippen molar-refractivity contribution < 1.29 is 89.4 Å². The summed E-state index contributed by atoms with van der Waals surface area (Å²) >= 11 is 0. The standard InChI is InChI=1S/C74H117NO18/c1-3-5-7-9-11-13-15-16-17-18-19-20-21-22-23-24-25-26-27-28-29-30-31-32-33-34-35-36-37-38-39-40-42-44-46-48-50-52-62(80)75-57(58(79)51-49-47-45-43-41-14-12-10-8-6-4-2)56-88-72-68(86)65(83)70(60(54-77)90-72)93-74-69(87)66(84)71(61(55-78)91-74)92-73-67(85)64(82)63(81)59(53-76)89-73/h5,7,11,13,16-17,19-20,22-23,25-26,28-29,31-32,34-35,37-38,40-43,49,51,57-61,63-74,76-79,81-87H,3-4,6,8-10,12,14-15,18,21,24,27,30,33,36,39,44-48,50,52-56H2,1-2H3,(H,75,80)/b7-5-,13-11-,17-16-,20-19-,23-22-,26-25-,29-28-,32-31-,35-34-,38-37-,42-40-,43-41+,51-49+. The van der Waals surface area contributed by atoms with E-state index in [0.717, 1.165) is 109 Å². The van der Waals surface area contributed by atoms with E-state index in [2.05, 4.69) is 165 Å². The quantitative estimate of drug-likeness (QED) is 0.0200. The van der Waals surface area contributed by atoms with Gasteiger partial charge in [-0.2, -0.15) is 0 Å². The van der Waals surface area contributed by atoms with E-state index in [1.165, 1.54) is 25.7 Å². The number of amides is 1. The molecule has 17 atom stereocenters. The molecular formula is C74H117NO18. The second-order valence-corrected chi connectivity index (χ2v) is 23.5. The lowest BCUT2D eigenvalue weighted by molar-refractivity contribution is -0.379. The van der Waals surface area contributed by atoms with Gasteiger partial charge in [-0.05, 0) is 116 Å². The molecule has 19 heteroatoms. The monoisotopic (exact) mass is 1310 g/mol. The normalized spacial score (nSPS) is 28.5. The number of hydrogen-bond acceptors (Lipinski definition) is 18. The molecule has 0 saturated carbocycles. The molecule has 3 rings (SSSR count). The number of rotatable bonds is 49. The fourth-order valence-electron chi connectivity index (χ4n) is 10.3. The van der Waals surface area contributed by atoms with Gasteiger partial charge in [0.05, 0.1) is 38.6 Å². The van der Waals surface area contributed by atoms with Gasteiger partial charge in [-0.15, -0.1) is 0 Å². The molecule has 3 saturated heterocycles. The molecule has 0 aliphatic carbocycles. The maximum absolute atomic E-state index is 13.3. The second kappa shape index (κ2) is 53.5. The van der Waals surface area contributed by atoms with Crippen molar-refractivity contribution in [3.8, 4) is 0 Å². The van der Waals surface area contributed by atoms with Crippen LogP contribution in [0.25, 0.3) is 0 Å². The Morgan fingerprint density at radius 1 is 0.398 bits per heavy atom. The highest BCUT2D eigenvalue weighted by atomic mass is 16.8. The van der Waals surface area contributed by atoms with Gasteiger partial charge in [-0.1, -0.05) is 204 Å². The smallest absolute Gasteiger partial charge is 0.220 e. The van der Waals surface area contributed by atoms with Crippen molar-refractivity contribution in [2.45, 2.75) is 272 Å². The van der Waals surface area contributed by atoms with Crippen molar-refractivity contribution in [3.05, 3.63) is 158 Å². The van der Waals surface area contributed by atoms with Crippen LogP contribution in [0, 0.1) is 0 Å². The molecule has 12 N–H and O–H groups in total. The van der Waals surface area contributed by atoms with E-state index >= 15 is 0 Å². The number of aliphatic hydroxyl groups excluding tert-OH is 11. The predicted octanol–water partition coefficient (Wildman–Crippen LogP) is 8.93. The van der Waals surface area contributed by atoms with E-state index in [0.29, 0.717) is 12.8 Å². The number of hydrogen-bond donors (Lipinski definition) is 12. The maximum Gasteiger partial charge on any atom is 0.220 e. The highest BCUT2D eigenvalue weighted by Gasteiger charge is 2.53. The number of carbonyl (C=O) groups is 1. The lowest BCUT2D eigenvalue weighted by Crippen LogP contribution is -2.66. The third-order valence-electron chi connectivity index (χ3n) is 15.8. The minimum absolute atomic E-state index is 0.184. The van der Waals surface area contributed by atoms with Gasteiger partial charge in [-0.3, -0.25) is 4.79 Å². The molecule has 17 unspecified atom stereocenters. The van der Waals surface area contributed by atoms with E-state index in [1.807, 2.05) is 6.08 Å². The minimum atomic E-state index is -1.99.